The third kappa shape index (κ3) is 3.98. The van der Waals surface area contributed by atoms with Gasteiger partial charge >= 0.3 is 6.18 Å². The first-order valence-electron chi connectivity index (χ1n) is 6.76. The molecule has 1 aliphatic rings. The van der Waals surface area contributed by atoms with Crippen LogP contribution in [0.5, 0.6) is 0 Å². The number of aromatic nitrogens is 2. The van der Waals surface area contributed by atoms with Crippen molar-refractivity contribution in [2.24, 2.45) is 5.92 Å². The quantitative estimate of drug-likeness (QED) is 0.834. The largest absolute Gasteiger partial charge is 0.433 e. The molecular formula is C13H17ClF3N3. The van der Waals surface area contributed by atoms with E-state index in [2.05, 4.69) is 22.2 Å². The van der Waals surface area contributed by atoms with Crippen LogP contribution < -0.4 is 5.32 Å². The molecule has 1 heterocycles. The first-order valence-corrected chi connectivity index (χ1v) is 7.14. The van der Waals surface area contributed by atoms with Crippen LogP contribution in [0.2, 0.25) is 5.28 Å². The van der Waals surface area contributed by atoms with Gasteiger partial charge in [-0.1, -0.05) is 13.3 Å². The Balaban J connectivity index is 2.05. The van der Waals surface area contributed by atoms with E-state index in [0.717, 1.165) is 44.1 Å². The lowest BCUT2D eigenvalue weighted by atomic mass is 9.84. The maximum absolute atomic E-state index is 12.6. The number of nitrogens with zero attached hydrogens (tertiary/aromatic N) is 2. The lowest BCUT2D eigenvalue weighted by molar-refractivity contribution is -0.141. The zero-order valence-corrected chi connectivity index (χ0v) is 11.9. The van der Waals surface area contributed by atoms with E-state index in [4.69, 9.17) is 11.6 Å². The van der Waals surface area contributed by atoms with Crippen LogP contribution in [0, 0.1) is 5.92 Å². The predicted molar refractivity (Wildman–Crippen MR) is 71.7 cm³/mol. The zero-order valence-electron chi connectivity index (χ0n) is 11.2. The van der Waals surface area contributed by atoms with Gasteiger partial charge in [0.2, 0.25) is 5.28 Å². The second kappa shape index (κ2) is 6.16. The van der Waals surface area contributed by atoms with Crippen LogP contribution >= 0.6 is 11.6 Å². The molecule has 0 radical (unpaired) electrons. The van der Waals surface area contributed by atoms with Crippen molar-refractivity contribution in [1.29, 1.82) is 0 Å². The summed E-state index contributed by atoms with van der Waals surface area (Å²) in [6, 6.07) is 1.07. The molecule has 0 saturated heterocycles. The second-order valence-electron chi connectivity index (χ2n) is 5.18. The standard InChI is InChI=1S/C13H17ClF3N3/c1-2-8-3-5-9(6-4-8)18-11-7-10(13(15,16)17)19-12(14)20-11/h7-9H,2-6H2,1H3,(H,18,19,20). The van der Waals surface area contributed by atoms with E-state index >= 15 is 0 Å². The summed E-state index contributed by atoms with van der Waals surface area (Å²) in [6.07, 6.45) is 0.730. The number of hydrogen-bond donors (Lipinski definition) is 1. The van der Waals surface area contributed by atoms with Gasteiger partial charge in [-0.15, -0.1) is 0 Å². The van der Waals surface area contributed by atoms with E-state index in [0.29, 0.717) is 0 Å². The number of rotatable bonds is 3. The summed E-state index contributed by atoms with van der Waals surface area (Å²) in [5.74, 6) is 0.880. The molecule has 1 aliphatic carbocycles. The fourth-order valence-corrected chi connectivity index (χ4v) is 2.74. The normalized spacial score (nSPS) is 23.6. The summed E-state index contributed by atoms with van der Waals surface area (Å²) in [4.78, 5) is 7.04. The van der Waals surface area contributed by atoms with Gasteiger partial charge in [0.1, 0.15) is 5.82 Å². The number of alkyl halides is 3. The number of anilines is 1. The van der Waals surface area contributed by atoms with Crippen molar-refractivity contribution < 1.29 is 13.2 Å². The molecular weight excluding hydrogens is 291 g/mol. The molecule has 2 rings (SSSR count). The maximum Gasteiger partial charge on any atom is 0.433 e. The highest BCUT2D eigenvalue weighted by Crippen LogP contribution is 2.31. The van der Waals surface area contributed by atoms with Crippen LogP contribution in [0.1, 0.15) is 44.7 Å². The Hall–Kier alpha value is -1.04. The van der Waals surface area contributed by atoms with Gasteiger partial charge in [-0.25, -0.2) is 9.97 Å². The first-order chi connectivity index (χ1) is 9.38. The third-order valence-electron chi connectivity index (χ3n) is 3.77. The minimum Gasteiger partial charge on any atom is -0.367 e. The molecule has 0 spiro atoms. The van der Waals surface area contributed by atoms with Crippen LogP contribution in [0.4, 0.5) is 19.0 Å². The van der Waals surface area contributed by atoms with Crippen molar-refractivity contribution in [3.05, 3.63) is 17.0 Å². The van der Waals surface area contributed by atoms with E-state index < -0.39 is 11.9 Å². The Kier molecular flexibility index (Phi) is 4.73. The van der Waals surface area contributed by atoms with Crippen molar-refractivity contribution in [2.75, 3.05) is 5.32 Å². The molecule has 1 aromatic heterocycles. The molecule has 0 bridgehead atoms. The average molecular weight is 308 g/mol. The molecule has 112 valence electrons. The van der Waals surface area contributed by atoms with Gasteiger partial charge in [-0.2, -0.15) is 13.2 Å². The summed E-state index contributed by atoms with van der Waals surface area (Å²) in [6.45, 7) is 2.16. The van der Waals surface area contributed by atoms with Gasteiger partial charge < -0.3 is 5.32 Å². The predicted octanol–water partition coefficient (Wildman–Crippen LogP) is 4.53. The first kappa shape index (κ1) is 15.4. The Labute approximate surface area is 120 Å². The molecule has 1 fully saturated rings. The SMILES string of the molecule is CCC1CCC(Nc2cc(C(F)(F)F)nc(Cl)n2)CC1. The Morgan fingerprint density at radius 3 is 2.45 bits per heavy atom. The van der Waals surface area contributed by atoms with Gasteiger partial charge in [0.05, 0.1) is 0 Å². The molecule has 0 aliphatic heterocycles. The van der Waals surface area contributed by atoms with Gasteiger partial charge in [-0.05, 0) is 43.2 Å². The van der Waals surface area contributed by atoms with Crippen LogP contribution in [-0.2, 0) is 6.18 Å². The minimum atomic E-state index is -4.51. The average Bonchev–Trinajstić information content (AvgIpc) is 2.38. The van der Waals surface area contributed by atoms with Crippen LogP contribution in [0.15, 0.2) is 6.07 Å². The fraction of sp³-hybridized carbons (Fsp3) is 0.692. The Morgan fingerprint density at radius 2 is 1.90 bits per heavy atom. The lowest BCUT2D eigenvalue weighted by Gasteiger charge is -2.28. The number of nitrogens with one attached hydrogen (secondary N) is 1. The summed E-state index contributed by atoms with van der Waals surface area (Å²) < 4.78 is 37.9. The van der Waals surface area contributed by atoms with E-state index in [1.807, 2.05) is 0 Å². The highest BCUT2D eigenvalue weighted by molar-refractivity contribution is 6.28. The molecule has 7 heteroatoms. The maximum atomic E-state index is 12.6. The number of halogens is 4. The molecule has 0 aromatic carbocycles. The molecule has 0 unspecified atom stereocenters. The van der Waals surface area contributed by atoms with Crippen LogP contribution in [0.25, 0.3) is 0 Å². The summed E-state index contributed by atoms with van der Waals surface area (Å²) in [5.41, 5.74) is -1.01. The molecule has 1 N–H and O–H groups in total. The molecule has 1 aromatic rings. The topological polar surface area (TPSA) is 37.8 Å². The summed E-state index contributed by atoms with van der Waals surface area (Å²) >= 11 is 5.56. The van der Waals surface area contributed by atoms with Gasteiger partial charge in [-0.3, -0.25) is 0 Å². The van der Waals surface area contributed by atoms with Crippen molar-refractivity contribution in [2.45, 2.75) is 51.2 Å². The van der Waals surface area contributed by atoms with E-state index in [9.17, 15) is 13.2 Å². The van der Waals surface area contributed by atoms with E-state index in [1.165, 1.54) is 0 Å². The van der Waals surface area contributed by atoms with Crippen LogP contribution in [-0.4, -0.2) is 16.0 Å². The zero-order chi connectivity index (χ0) is 14.8. The van der Waals surface area contributed by atoms with Gasteiger partial charge in [0, 0.05) is 12.1 Å². The fourth-order valence-electron chi connectivity index (χ4n) is 2.56. The van der Waals surface area contributed by atoms with Crippen molar-refractivity contribution >= 4 is 17.4 Å². The highest BCUT2D eigenvalue weighted by atomic mass is 35.5. The Bertz CT molecular complexity index is 457. The van der Waals surface area contributed by atoms with Gasteiger partial charge in [0.15, 0.2) is 5.69 Å². The highest BCUT2D eigenvalue weighted by Gasteiger charge is 2.34. The monoisotopic (exact) mass is 307 g/mol. The lowest BCUT2D eigenvalue weighted by Crippen LogP contribution is -2.26. The van der Waals surface area contributed by atoms with Crippen molar-refractivity contribution in [3.63, 3.8) is 0 Å². The smallest absolute Gasteiger partial charge is 0.367 e. The molecule has 0 amide bonds. The van der Waals surface area contributed by atoms with Gasteiger partial charge in [0.25, 0.3) is 0 Å². The van der Waals surface area contributed by atoms with Crippen molar-refractivity contribution in [1.82, 2.24) is 9.97 Å². The summed E-state index contributed by atoms with van der Waals surface area (Å²) in [7, 11) is 0. The molecule has 0 atom stereocenters. The second-order valence-corrected chi connectivity index (χ2v) is 5.51. The third-order valence-corrected chi connectivity index (χ3v) is 3.93. The minimum absolute atomic E-state index is 0.150. The van der Waals surface area contributed by atoms with Crippen LogP contribution in [0.3, 0.4) is 0 Å². The molecule has 20 heavy (non-hydrogen) atoms. The van der Waals surface area contributed by atoms with E-state index in [-0.39, 0.29) is 17.1 Å². The summed E-state index contributed by atoms with van der Waals surface area (Å²) in [5, 5.41) is 2.66. The number of hydrogen-bond acceptors (Lipinski definition) is 3. The van der Waals surface area contributed by atoms with E-state index in [1.54, 1.807) is 0 Å². The van der Waals surface area contributed by atoms with Crippen molar-refractivity contribution in [3.8, 4) is 0 Å². The molecule has 1 saturated carbocycles. The molecule has 3 nitrogen and oxygen atoms in total. The Morgan fingerprint density at radius 1 is 1.25 bits per heavy atom.